The number of nitrogens with one attached hydrogen (secondary N) is 1. The van der Waals surface area contributed by atoms with Crippen molar-refractivity contribution in [3.05, 3.63) is 45.8 Å². The Morgan fingerprint density at radius 1 is 1.44 bits per heavy atom. The van der Waals surface area contributed by atoms with Gasteiger partial charge in [-0.15, -0.1) is 11.3 Å². The van der Waals surface area contributed by atoms with E-state index >= 15 is 0 Å². The molecular formula is C13H15N3S2. The van der Waals surface area contributed by atoms with Crippen LogP contribution in [0.1, 0.15) is 23.1 Å². The fourth-order valence-electron chi connectivity index (χ4n) is 1.68. The van der Waals surface area contributed by atoms with Gasteiger partial charge in [0.25, 0.3) is 0 Å². The number of hydrogen-bond acceptors (Lipinski definition) is 4. The van der Waals surface area contributed by atoms with Crippen LogP contribution >= 0.6 is 23.6 Å². The maximum Gasteiger partial charge on any atom is 0.127 e. The van der Waals surface area contributed by atoms with Crippen molar-refractivity contribution < 1.29 is 0 Å². The van der Waals surface area contributed by atoms with Crippen LogP contribution in [0.5, 0.6) is 0 Å². The number of rotatable bonds is 5. The van der Waals surface area contributed by atoms with Gasteiger partial charge in [-0.3, -0.25) is 0 Å². The van der Waals surface area contributed by atoms with Crippen LogP contribution in [0.3, 0.4) is 0 Å². The Morgan fingerprint density at radius 3 is 3.00 bits per heavy atom. The van der Waals surface area contributed by atoms with Gasteiger partial charge in [0.2, 0.25) is 0 Å². The summed E-state index contributed by atoms with van der Waals surface area (Å²) in [7, 11) is 0. The van der Waals surface area contributed by atoms with Crippen LogP contribution in [0.4, 0.5) is 5.82 Å². The average molecular weight is 277 g/mol. The van der Waals surface area contributed by atoms with E-state index in [1.165, 1.54) is 10.4 Å². The second kappa shape index (κ2) is 5.93. The first-order valence-electron chi connectivity index (χ1n) is 5.76. The Bertz CT molecular complexity index is 549. The van der Waals surface area contributed by atoms with Crippen molar-refractivity contribution >= 4 is 34.4 Å². The Morgan fingerprint density at radius 2 is 2.28 bits per heavy atom. The van der Waals surface area contributed by atoms with Crippen molar-refractivity contribution in [2.45, 2.75) is 19.9 Å². The number of thiophene rings is 1. The van der Waals surface area contributed by atoms with E-state index in [4.69, 9.17) is 18.0 Å². The summed E-state index contributed by atoms with van der Waals surface area (Å²) in [4.78, 5) is 6.02. The van der Waals surface area contributed by atoms with Gasteiger partial charge in [-0.25, -0.2) is 4.98 Å². The van der Waals surface area contributed by atoms with Gasteiger partial charge in [-0.2, -0.15) is 0 Å². The molecule has 2 aromatic rings. The maximum absolute atomic E-state index is 5.56. The molecule has 94 valence electrons. The molecule has 0 radical (unpaired) electrons. The molecule has 0 aliphatic heterocycles. The van der Waals surface area contributed by atoms with Crippen LogP contribution in [-0.4, -0.2) is 9.97 Å². The molecule has 0 spiro atoms. The highest BCUT2D eigenvalue weighted by Gasteiger charge is 2.04. The summed E-state index contributed by atoms with van der Waals surface area (Å²) >= 11 is 6.68. The predicted molar refractivity (Wildman–Crippen MR) is 81.1 cm³/mol. The molecule has 0 unspecified atom stereocenters. The molecule has 2 rings (SSSR count). The monoisotopic (exact) mass is 277 g/mol. The molecule has 3 nitrogen and oxygen atoms in total. The molecule has 0 fully saturated rings. The summed E-state index contributed by atoms with van der Waals surface area (Å²) in [5.74, 6) is 0.802. The minimum Gasteiger partial charge on any atom is -0.388 e. The van der Waals surface area contributed by atoms with Crippen LogP contribution in [0.15, 0.2) is 29.6 Å². The fraction of sp³-hybridized carbons (Fsp3) is 0.231. The number of thiocarbonyl (C=S) groups is 1. The lowest BCUT2D eigenvalue weighted by Gasteiger charge is -2.07. The third-order valence-corrected chi connectivity index (χ3v) is 3.82. The molecule has 0 aliphatic carbocycles. The molecule has 0 bridgehead atoms. The molecule has 5 heteroatoms. The topological polar surface area (TPSA) is 50.9 Å². The van der Waals surface area contributed by atoms with E-state index in [2.05, 4.69) is 28.7 Å². The van der Waals surface area contributed by atoms with Gasteiger partial charge in [0.15, 0.2) is 0 Å². The summed E-state index contributed by atoms with van der Waals surface area (Å²) in [6, 6.07) is 7.80. The third-order valence-electron chi connectivity index (χ3n) is 2.65. The zero-order valence-electron chi connectivity index (χ0n) is 10.1. The van der Waals surface area contributed by atoms with Gasteiger partial charge in [-0.05, 0) is 35.6 Å². The number of aromatic nitrogens is 1. The van der Waals surface area contributed by atoms with Crippen molar-refractivity contribution in [3.8, 4) is 0 Å². The van der Waals surface area contributed by atoms with E-state index in [1.54, 1.807) is 11.3 Å². The SMILES string of the molecule is CCc1ccsc1CNc1cccc(C(N)=S)n1. The maximum atomic E-state index is 5.56. The van der Waals surface area contributed by atoms with E-state index in [1.807, 2.05) is 18.2 Å². The number of aryl methyl sites for hydroxylation is 1. The fourth-order valence-corrected chi connectivity index (χ4v) is 2.71. The van der Waals surface area contributed by atoms with E-state index in [9.17, 15) is 0 Å². The highest BCUT2D eigenvalue weighted by atomic mass is 32.1. The Labute approximate surface area is 116 Å². The first kappa shape index (κ1) is 13.0. The molecule has 0 atom stereocenters. The Kier molecular flexibility index (Phi) is 4.28. The van der Waals surface area contributed by atoms with Gasteiger partial charge in [0.05, 0.1) is 12.2 Å². The number of nitrogens with zero attached hydrogens (tertiary/aromatic N) is 1. The van der Waals surface area contributed by atoms with Crippen molar-refractivity contribution in [1.29, 1.82) is 0 Å². The van der Waals surface area contributed by atoms with E-state index in [0.717, 1.165) is 18.8 Å². The summed E-state index contributed by atoms with van der Waals surface area (Å²) in [5.41, 5.74) is 7.60. The summed E-state index contributed by atoms with van der Waals surface area (Å²) in [6.07, 6.45) is 1.06. The Balaban J connectivity index is 2.06. The lowest BCUT2D eigenvalue weighted by molar-refractivity contribution is 1.07. The number of pyridine rings is 1. The third kappa shape index (κ3) is 3.05. The molecule has 0 saturated carbocycles. The Hall–Kier alpha value is -1.46. The first-order chi connectivity index (χ1) is 8.70. The smallest absolute Gasteiger partial charge is 0.127 e. The van der Waals surface area contributed by atoms with Gasteiger partial charge in [0, 0.05) is 4.88 Å². The average Bonchev–Trinajstić information content (AvgIpc) is 2.84. The van der Waals surface area contributed by atoms with E-state index in [-0.39, 0.29) is 0 Å². The van der Waals surface area contributed by atoms with Crippen LogP contribution in [0.25, 0.3) is 0 Å². The molecule has 0 aromatic carbocycles. The molecule has 0 saturated heterocycles. The second-order valence-electron chi connectivity index (χ2n) is 3.85. The molecule has 0 amide bonds. The lowest BCUT2D eigenvalue weighted by atomic mass is 10.2. The molecule has 2 aromatic heterocycles. The summed E-state index contributed by atoms with van der Waals surface area (Å²) in [6.45, 7) is 2.95. The van der Waals surface area contributed by atoms with E-state index < -0.39 is 0 Å². The zero-order chi connectivity index (χ0) is 13.0. The first-order valence-corrected chi connectivity index (χ1v) is 7.05. The minimum absolute atomic E-state index is 0.323. The number of nitrogens with two attached hydrogens (primary N) is 1. The highest BCUT2D eigenvalue weighted by molar-refractivity contribution is 7.80. The summed E-state index contributed by atoms with van der Waals surface area (Å²) in [5, 5.41) is 5.42. The van der Waals surface area contributed by atoms with Crippen molar-refractivity contribution in [2.24, 2.45) is 5.73 Å². The van der Waals surface area contributed by atoms with Crippen molar-refractivity contribution in [2.75, 3.05) is 5.32 Å². The second-order valence-corrected chi connectivity index (χ2v) is 5.29. The van der Waals surface area contributed by atoms with E-state index in [0.29, 0.717) is 10.7 Å². The summed E-state index contributed by atoms with van der Waals surface area (Å²) < 4.78 is 0. The normalized spacial score (nSPS) is 10.3. The predicted octanol–water partition coefficient (Wildman–Crippen LogP) is 2.95. The molecule has 0 aliphatic rings. The molecular weight excluding hydrogens is 262 g/mol. The highest BCUT2D eigenvalue weighted by Crippen LogP contribution is 2.18. The zero-order valence-corrected chi connectivity index (χ0v) is 11.8. The largest absolute Gasteiger partial charge is 0.388 e. The number of anilines is 1. The minimum atomic E-state index is 0.323. The van der Waals surface area contributed by atoms with Crippen LogP contribution < -0.4 is 11.1 Å². The lowest BCUT2D eigenvalue weighted by Crippen LogP contribution is -2.12. The molecule has 2 heterocycles. The van der Waals surface area contributed by atoms with Crippen molar-refractivity contribution in [1.82, 2.24) is 4.98 Å². The van der Waals surface area contributed by atoms with Gasteiger partial charge >= 0.3 is 0 Å². The van der Waals surface area contributed by atoms with Gasteiger partial charge in [-0.1, -0.05) is 25.2 Å². The van der Waals surface area contributed by atoms with Crippen LogP contribution in [0, 0.1) is 0 Å². The van der Waals surface area contributed by atoms with Crippen LogP contribution in [-0.2, 0) is 13.0 Å². The van der Waals surface area contributed by atoms with Gasteiger partial charge in [0.1, 0.15) is 10.8 Å². The number of hydrogen-bond donors (Lipinski definition) is 2. The molecule has 18 heavy (non-hydrogen) atoms. The molecule has 3 N–H and O–H groups in total. The van der Waals surface area contributed by atoms with Gasteiger partial charge < -0.3 is 11.1 Å². The quantitative estimate of drug-likeness (QED) is 0.825. The van der Waals surface area contributed by atoms with Crippen molar-refractivity contribution in [3.63, 3.8) is 0 Å². The standard InChI is InChI=1S/C13H15N3S2/c1-2-9-6-7-18-11(9)8-15-12-5-3-4-10(16-12)13(14)17/h3-7H,2,8H2,1H3,(H2,14,17)(H,15,16). The van der Waals surface area contributed by atoms with Crippen LogP contribution in [0.2, 0.25) is 0 Å².